The molecule has 36 heavy (non-hydrogen) atoms. The summed E-state index contributed by atoms with van der Waals surface area (Å²) in [4.78, 5) is 41.5. The number of hydrogen-bond acceptors (Lipinski definition) is 7. The van der Waals surface area contributed by atoms with Gasteiger partial charge < -0.3 is 15.4 Å². The molecule has 5 rings (SSSR count). The lowest BCUT2D eigenvalue weighted by Gasteiger charge is -2.22. The first-order valence-corrected chi connectivity index (χ1v) is 12.7. The molecule has 1 saturated carbocycles. The van der Waals surface area contributed by atoms with Crippen LogP contribution in [0.1, 0.15) is 64.4 Å². The van der Waals surface area contributed by atoms with Crippen molar-refractivity contribution in [3.05, 3.63) is 64.5 Å². The van der Waals surface area contributed by atoms with Crippen molar-refractivity contribution in [3.8, 4) is 17.0 Å². The minimum atomic E-state index is -0.688. The molecule has 2 fully saturated rings. The maximum Gasteiger partial charge on any atom is 0.254 e. The first-order chi connectivity index (χ1) is 17.4. The first-order valence-electron chi connectivity index (χ1n) is 11.9. The van der Waals surface area contributed by atoms with Crippen molar-refractivity contribution in [3.63, 3.8) is 0 Å². The van der Waals surface area contributed by atoms with Crippen LogP contribution in [0.25, 0.3) is 11.3 Å². The summed E-state index contributed by atoms with van der Waals surface area (Å²) in [5.74, 6) is -0.829. The van der Waals surface area contributed by atoms with Crippen LogP contribution in [0.4, 0.5) is 4.39 Å². The predicted octanol–water partition coefficient (Wildman–Crippen LogP) is 4.09. The Kier molecular flexibility index (Phi) is 6.77. The lowest BCUT2D eigenvalue weighted by molar-refractivity contribution is -0.124. The van der Waals surface area contributed by atoms with Crippen molar-refractivity contribution in [1.29, 1.82) is 0 Å². The third-order valence-corrected chi connectivity index (χ3v) is 7.23. The topological polar surface area (TPSA) is 110 Å². The van der Waals surface area contributed by atoms with Crippen molar-refractivity contribution >= 4 is 29.1 Å². The molecule has 8 nitrogen and oxygen atoms in total. The van der Waals surface area contributed by atoms with E-state index in [1.165, 1.54) is 23.7 Å². The van der Waals surface area contributed by atoms with E-state index in [0.717, 1.165) is 24.1 Å². The van der Waals surface area contributed by atoms with Crippen LogP contribution in [-0.2, 0) is 4.79 Å². The number of amides is 2. The minimum Gasteiger partial charge on any atom is -0.484 e. The monoisotopic (exact) mass is 508 g/mol. The molecule has 3 heterocycles. The highest BCUT2D eigenvalue weighted by molar-refractivity contribution is 7.06. The molecule has 0 bridgehead atoms. The number of ether oxygens (including phenoxy) is 1. The molecule has 1 aromatic carbocycles. The van der Waals surface area contributed by atoms with E-state index < -0.39 is 17.8 Å². The number of nitrogens with zero attached hydrogens (tertiary/aromatic N) is 2. The molecule has 3 aromatic rings. The lowest BCUT2D eigenvalue weighted by atomic mass is 10.0. The molecule has 2 aromatic heterocycles. The molecule has 0 spiro atoms. The highest BCUT2D eigenvalue weighted by Gasteiger charge is 2.31. The second kappa shape index (κ2) is 10.1. The molecule has 2 amide bonds. The molecule has 0 radical (unpaired) electrons. The Hall–Kier alpha value is -3.66. The van der Waals surface area contributed by atoms with Crippen LogP contribution in [0.2, 0.25) is 0 Å². The van der Waals surface area contributed by atoms with E-state index in [2.05, 4.69) is 20.0 Å². The number of nitrogens with one attached hydrogen (secondary N) is 2. The Labute approximate surface area is 211 Å². The highest BCUT2D eigenvalue weighted by Crippen LogP contribution is 2.33. The number of Topliss-reactive ketones (excluding diaryl/α,β-unsaturated/α-hetero) is 1. The van der Waals surface area contributed by atoms with Gasteiger partial charge in [-0.25, -0.2) is 9.37 Å². The van der Waals surface area contributed by atoms with Gasteiger partial charge in [0.05, 0.1) is 22.3 Å². The van der Waals surface area contributed by atoms with Crippen LogP contribution in [-0.4, -0.2) is 39.5 Å². The largest absolute Gasteiger partial charge is 0.484 e. The summed E-state index contributed by atoms with van der Waals surface area (Å²) in [6, 6.07) is 8.87. The van der Waals surface area contributed by atoms with Gasteiger partial charge in [-0.15, -0.1) is 0 Å². The summed E-state index contributed by atoms with van der Waals surface area (Å²) < 4.78 is 25.2. The van der Waals surface area contributed by atoms with Gasteiger partial charge in [0.25, 0.3) is 5.91 Å². The van der Waals surface area contributed by atoms with E-state index in [4.69, 9.17) is 4.74 Å². The van der Waals surface area contributed by atoms with E-state index in [-0.39, 0.29) is 29.3 Å². The molecule has 2 atom stereocenters. The Morgan fingerprint density at radius 1 is 1.19 bits per heavy atom. The number of carbonyl (C=O) groups is 3. The van der Waals surface area contributed by atoms with Gasteiger partial charge in [-0.05, 0) is 74.5 Å². The number of ketones is 1. The van der Waals surface area contributed by atoms with Gasteiger partial charge in [0.15, 0.2) is 5.78 Å². The second-order valence-electron chi connectivity index (χ2n) is 9.05. The van der Waals surface area contributed by atoms with Gasteiger partial charge in [0, 0.05) is 18.0 Å². The summed E-state index contributed by atoms with van der Waals surface area (Å²) in [6.45, 7) is 2.45. The van der Waals surface area contributed by atoms with Crippen molar-refractivity contribution in [1.82, 2.24) is 20.0 Å². The van der Waals surface area contributed by atoms with Crippen LogP contribution >= 0.6 is 11.5 Å². The smallest absolute Gasteiger partial charge is 0.254 e. The number of pyridine rings is 1. The molecule has 1 saturated heterocycles. The average Bonchev–Trinajstić information content (AvgIpc) is 3.61. The standard InChI is InChI=1S/C26H25FN4O4S/c1-14(35-17-7-9-20(29-13-17)24(32)15-4-5-15)23-12-22(31-36-23)16-6-8-18(19(27)11-16)25(33)30-21-3-2-10-28-26(21)34/h6-9,11-15,21H,2-5,10H2,1H3,(H,28,34)(H,30,33)/t14-,21+/m1/s1. The van der Waals surface area contributed by atoms with E-state index in [1.54, 1.807) is 24.4 Å². The Morgan fingerprint density at radius 2 is 2.03 bits per heavy atom. The molecule has 2 N–H and O–H groups in total. The summed E-state index contributed by atoms with van der Waals surface area (Å²) in [6.07, 6.45) is 4.36. The number of benzene rings is 1. The van der Waals surface area contributed by atoms with Gasteiger partial charge in [-0.2, -0.15) is 4.37 Å². The number of hydrogen-bond donors (Lipinski definition) is 2. The molecule has 2 aliphatic rings. The Balaban J connectivity index is 1.23. The summed E-state index contributed by atoms with van der Waals surface area (Å²) in [5.41, 5.74) is 1.42. The zero-order valence-corrected chi connectivity index (χ0v) is 20.4. The van der Waals surface area contributed by atoms with Gasteiger partial charge in [0.1, 0.15) is 29.4 Å². The first kappa shape index (κ1) is 24.1. The van der Waals surface area contributed by atoms with Crippen LogP contribution in [0.3, 0.4) is 0 Å². The van der Waals surface area contributed by atoms with Crippen molar-refractivity contribution in [2.75, 3.05) is 6.54 Å². The number of piperidine rings is 1. The molecule has 1 aliphatic carbocycles. The zero-order chi connectivity index (χ0) is 25.2. The fraction of sp³-hybridized carbons (Fsp3) is 0.346. The molecular weight excluding hydrogens is 483 g/mol. The van der Waals surface area contributed by atoms with Crippen molar-refractivity contribution in [2.45, 2.75) is 44.8 Å². The summed E-state index contributed by atoms with van der Waals surface area (Å²) in [7, 11) is 0. The Bertz CT molecular complexity index is 1310. The van der Waals surface area contributed by atoms with Gasteiger partial charge in [-0.3, -0.25) is 14.4 Å². The van der Waals surface area contributed by atoms with E-state index in [9.17, 15) is 18.8 Å². The fourth-order valence-corrected chi connectivity index (χ4v) is 4.76. The highest BCUT2D eigenvalue weighted by atomic mass is 32.1. The van der Waals surface area contributed by atoms with Gasteiger partial charge in [0.2, 0.25) is 5.91 Å². The lowest BCUT2D eigenvalue weighted by Crippen LogP contribution is -2.50. The second-order valence-corrected chi connectivity index (χ2v) is 9.88. The molecule has 10 heteroatoms. The number of carbonyl (C=O) groups excluding carboxylic acids is 3. The van der Waals surface area contributed by atoms with Crippen molar-refractivity contribution in [2.24, 2.45) is 5.92 Å². The molecule has 1 aliphatic heterocycles. The van der Waals surface area contributed by atoms with Gasteiger partial charge in [-0.1, -0.05) is 6.07 Å². The third kappa shape index (κ3) is 5.28. The number of rotatable bonds is 8. The quantitative estimate of drug-likeness (QED) is 0.444. The summed E-state index contributed by atoms with van der Waals surface area (Å²) >= 11 is 1.24. The predicted molar refractivity (Wildman–Crippen MR) is 131 cm³/mol. The summed E-state index contributed by atoms with van der Waals surface area (Å²) in [5, 5.41) is 5.29. The number of halogens is 1. The van der Waals surface area contributed by atoms with Crippen LogP contribution in [0, 0.1) is 11.7 Å². The third-order valence-electron chi connectivity index (χ3n) is 6.28. The van der Waals surface area contributed by atoms with Crippen LogP contribution in [0.5, 0.6) is 5.75 Å². The Morgan fingerprint density at radius 3 is 2.72 bits per heavy atom. The minimum absolute atomic E-state index is 0.0805. The zero-order valence-electron chi connectivity index (χ0n) is 19.6. The SMILES string of the molecule is C[C@@H](Oc1ccc(C(=O)C2CC2)nc1)c1cc(-c2ccc(C(=O)N[C@H]3CCCNC3=O)c(F)c2)ns1. The van der Waals surface area contributed by atoms with E-state index >= 15 is 0 Å². The molecular formula is C26H25FN4O4S. The van der Waals surface area contributed by atoms with E-state index in [0.29, 0.717) is 35.7 Å². The van der Waals surface area contributed by atoms with E-state index in [1.807, 2.05) is 13.0 Å². The molecule has 0 unspecified atom stereocenters. The van der Waals surface area contributed by atoms with Crippen molar-refractivity contribution < 1.29 is 23.5 Å². The average molecular weight is 509 g/mol. The number of aromatic nitrogens is 2. The maximum atomic E-state index is 14.8. The van der Waals surface area contributed by atoms with Crippen LogP contribution in [0.15, 0.2) is 42.6 Å². The normalized spacial score (nSPS) is 18.3. The fourth-order valence-electron chi connectivity index (χ4n) is 4.03. The van der Waals surface area contributed by atoms with Crippen LogP contribution < -0.4 is 15.4 Å². The van der Waals surface area contributed by atoms with Gasteiger partial charge >= 0.3 is 0 Å². The maximum absolute atomic E-state index is 14.8. The molecule has 186 valence electrons.